The lowest BCUT2D eigenvalue weighted by Crippen LogP contribution is -2.11. The van der Waals surface area contributed by atoms with Crippen molar-refractivity contribution in [2.24, 2.45) is 0 Å². The Morgan fingerprint density at radius 2 is 2.39 bits per heavy atom. The number of rotatable bonds is 5. The third-order valence-corrected chi connectivity index (χ3v) is 3.54. The lowest BCUT2D eigenvalue weighted by Gasteiger charge is -2.12. The van der Waals surface area contributed by atoms with Gasteiger partial charge in [-0.15, -0.1) is 0 Å². The van der Waals surface area contributed by atoms with E-state index < -0.39 is 0 Å². The number of halogens is 1. The largest absolute Gasteiger partial charge is 0.493 e. The second kappa shape index (κ2) is 6.34. The third-order valence-electron chi connectivity index (χ3n) is 3.04. The Bertz CT molecular complexity index is 425. The van der Waals surface area contributed by atoms with Gasteiger partial charge in [0.15, 0.2) is 5.78 Å². The summed E-state index contributed by atoms with van der Waals surface area (Å²) >= 11 is 3.36. The second-order valence-electron chi connectivity index (χ2n) is 4.47. The van der Waals surface area contributed by atoms with E-state index in [9.17, 15) is 4.79 Å². The van der Waals surface area contributed by atoms with Crippen LogP contribution in [0.5, 0.6) is 5.75 Å². The zero-order valence-electron chi connectivity index (χ0n) is 10.4. The van der Waals surface area contributed by atoms with Gasteiger partial charge in [0.1, 0.15) is 5.75 Å². The van der Waals surface area contributed by atoms with Gasteiger partial charge in [-0.2, -0.15) is 0 Å². The summed E-state index contributed by atoms with van der Waals surface area (Å²) in [6.45, 7) is 3.00. The Kier molecular flexibility index (Phi) is 4.78. The molecule has 0 aliphatic carbocycles. The minimum atomic E-state index is 0.0171. The molecule has 1 saturated heterocycles. The van der Waals surface area contributed by atoms with E-state index >= 15 is 0 Å². The smallest absolute Gasteiger partial charge is 0.163 e. The third kappa shape index (κ3) is 3.56. The van der Waals surface area contributed by atoms with Gasteiger partial charge >= 0.3 is 0 Å². The minimum Gasteiger partial charge on any atom is -0.493 e. The summed E-state index contributed by atoms with van der Waals surface area (Å²) in [6.07, 6.45) is 3.46. The molecular formula is C14H17BrO3. The number of hydrogen-bond acceptors (Lipinski definition) is 3. The van der Waals surface area contributed by atoms with Crippen LogP contribution in [0.3, 0.4) is 0 Å². The van der Waals surface area contributed by atoms with Crippen molar-refractivity contribution in [1.82, 2.24) is 0 Å². The molecule has 0 radical (unpaired) electrons. The van der Waals surface area contributed by atoms with E-state index in [-0.39, 0.29) is 5.78 Å². The summed E-state index contributed by atoms with van der Waals surface area (Å²) in [5.74, 6) is 0.673. The van der Waals surface area contributed by atoms with Gasteiger partial charge in [-0.1, -0.05) is 15.9 Å². The Labute approximate surface area is 116 Å². The zero-order chi connectivity index (χ0) is 13.0. The quantitative estimate of drug-likeness (QED) is 0.779. The van der Waals surface area contributed by atoms with E-state index in [0.717, 1.165) is 30.3 Å². The summed E-state index contributed by atoms with van der Waals surface area (Å²) in [6, 6.07) is 5.51. The first kappa shape index (κ1) is 13.6. The first-order chi connectivity index (χ1) is 8.66. The second-order valence-corrected chi connectivity index (χ2v) is 5.38. The maximum absolute atomic E-state index is 11.5. The van der Waals surface area contributed by atoms with Crippen molar-refractivity contribution in [2.45, 2.75) is 32.3 Å². The van der Waals surface area contributed by atoms with Crippen LogP contribution >= 0.6 is 15.9 Å². The standard InChI is InChI=1S/C14H17BrO3/c1-10(16)13-9-11(15)4-5-14(13)18-8-6-12-3-2-7-17-12/h4-5,9,12H,2-3,6-8H2,1H3. The Morgan fingerprint density at radius 3 is 3.06 bits per heavy atom. The van der Waals surface area contributed by atoms with Crippen LogP contribution < -0.4 is 4.74 Å². The monoisotopic (exact) mass is 312 g/mol. The average Bonchev–Trinajstić information content (AvgIpc) is 2.84. The molecule has 98 valence electrons. The number of benzene rings is 1. The van der Waals surface area contributed by atoms with E-state index in [1.165, 1.54) is 0 Å². The average molecular weight is 313 g/mol. The fourth-order valence-corrected chi connectivity index (χ4v) is 2.44. The van der Waals surface area contributed by atoms with Crippen LogP contribution in [0.2, 0.25) is 0 Å². The van der Waals surface area contributed by atoms with Crippen LogP contribution in [0.25, 0.3) is 0 Å². The van der Waals surface area contributed by atoms with Crippen LogP contribution in [0.1, 0.15) is 36.5 Å². The highest BCUT2D eigenvalue weighted by molar-refractivity contribution is 9.10. The number of hydrogen-bond donors (Lipinski definition) is 0. The summed E-state index contributed by atoms with van der Waals surface area (Å²) in [5, 5.41) is 0. The van der Waals surface area contributed by atoms with Gasteiger partial charge in [0.2, 0.25) is 0 Å². The first-order valence-electron chi connectivity index (χ1n) is 6.21. The van der Waals surface area contributed by atoms with E-state index in [4.69, 9.17) is 9.47 Å². The van der Waals surface area contributed by atoms with Crippen molar-refractivity contribution in [3.8, 4) is 5.75 Å². The number of ketones is 1. The SMILES string of the molecule is CC(=O)c1cc(Br)ccc1OCCC1CCCO1. The van der Waals surface area contributed by atoms with Crippen LogP contribution in [-0.4, -0.2) is 25.1 Å². The molecule has 2 rings (SSSR count). The summed E-state index contributed by atoms with van der Waals surface area (Å²) < 4.78 is 12.1. The fourth-order valence-electron chi connectivity index (χ4n) is 2.08. The van der Waals surface area contributed by atoms with Crippen molar-refractivity contribution in [3.05, 3.63) is 28.2 Å². The molecule has 1 aromatic rings. The molecule has 4 heteroatoms. The van der Waals surface area contributed by atoms with E-state index in [1.807, 2.05) is 12.1 Å². The van der Waals surface area contributed by atoms with E-state index in [1.54, 1.807) is 13.0 Å². The molecule has 0 bridgehead atoms. The Morgan fingerprint density at radius 1 is 1.56 bits per heavy atom. The maximum Gasteiger partial charge on any atom is 0.163 e. The van der Waals surface area contributed by atoms with Crippen molar-refractivity contribution in [3.63, 3.8) is 0 Å². The molecule has 0 N–H and O–H groups in total. The Hall–Kier alpha value is -0.870. The first-order valence-corrected chi connectivity index (χ1v) is 7.01. The molecule has 0 saturated carbocycles. The predicted octanol–water partition coefficient (Wildman–Crippen LogP) is 3.60. The van der Waals surface area contributed by atoms with Gasteiger partial charge in [-0.25, -0.2) is 0 Å². The zero-order valence-corrected chi connectivity index (χ0v) is 12.0. The van der Waals surface area contributed by atoms with Crippen molar-refractivity contribution < 1.29 is 14.3 Å². The Balaban J connectivity index is 1.93. The summed E-state index contributed by atoms with van der Waals surface area (Å²) in [5.41, 5.74) is 0.622. The summed E-state index contributed by atoms with van der Waals surface area (Å²) in [7, 11) is 0. The molecule has 0 aromatic heterocycles. The molecule has 1 fully saturated rings. The molecule has 0 amide bonds. The lowest BCUT2D eigenvalue weighted by atomic mass is 10.1. The van der Waals surface area contributed by atoms with E-state index in [0.29, 0.717) is 24.0 Å². The number of ether oxygens (including phenoxy) is 2. The normalized spacial score (nSPS) is 18.9. The van der Waals surface area contributed by atoms with Crippen molar-refractivity contribution in [1.29, 1.82) is 0 Å². The molecule has 1 aliphatic rings. The molecule has 1 aliphatic heterocycles. The van der Waals surface area contributed by atoms with Crippen LogP contribution in [0, 0.1) is 0 Å². The number of Topliss-reactive ketones (excluding diaryl/α,β-unsaturated/α-hetero) is 1. The highest BCUT2D eigenvalue weighted by Crippen LogP contribution is 2.24. The highest BCUT2D eigenvalue weighted by atomic mass is 79.9. The van der Waals surface area contributed by atoms with Crippen LogP contribution in [0.15, 0.2) is 22.7 Å². The number of carbonyl (C=O) groups excluding carboxylic acids is 1. The molecule has 0 spiro atoms. The van der Waals surface area contributed by atoms with Crippen molar-refractivity contribution >= 4 is 21.7 Å². The van der Waals surface area contributed by atoms with Crippen LogP contribution in [0.4, 0.5) is 0 Å². The van der Waals surface area contributed by atoms with Gasteiger partial charge < -0.3 is 9.47 Å². The lowest BCUT2D eigenvalue weighted by molar-refractivity contribution is 0.0898. The van der Waals surface area contributed by atoms with Gasteiger partial charge in [-0.05, 0) is 38.0 Å². The molecule has 1 aromatic carbocycles. The van der Waals surface area contributed by atoms with Crippen molar-refractivity contribution in [2.75, 3.05) is 13.2 Å². The predicted molar refractivity (Wildman–Crippen MR) is 73.2 cm³/mol. The van der Waals surface area contributed by atoms with Gasteiger partial charge in [0.25, 0.3) is 0 Å². The molecule has 3 nitrogen and oxygen atoms in total. The molecule has 1 heterocycles. The van der Waals surface area contributed by atoms with E-state index in [2.05, 4.69) is 15.9 Å². The molecule has 1 atom stereocenters. The van der Waals surface area contributed by atoms with Gasteiger partial charge in [0.05, 0.1) is 18.3 Å². The topological polar surface area (TPSA) is 35.5 Å². The minimum absolute atomic E-state index is 0.0171. The van der Waals surface area contributed by atoms with Gasteiger partial charge in [0, 0.05) is 17.5 Å². The maximum atomic E-state index is 11.5. The number of carbonyl (C=O) groups is 1. The van der Waals surface area contributed by atoms with Gasteiger partial charge in [-0.3, -0.25) is 4.79 Å². The molecular weight excluding hydrogens is 296 g/mol. The molecule has 18 heavy (non-hydrogen) atoms. The summed E-state index contributed by atoms with van der Waals surface area (Å²) in [4.78, 5) is 11.5. The fraction of sp³-hybridized carbons (Fsp3) is 0.500. The molecule has 1 unspecified atom stereocenters. The van der Waals surface area contributed by atoms with Crippen LogP contribution in [-0.2, 0) is 4.74 Å². The highest BCUT2D eigenvalue weighted by Gasteiger charge is 2.16.